The van der Waals surface area contributed by atoms with Crippen molar-refractivity contribution in [3.8, 4) is 23.3 Å². The summed E-state index contributed by atoms with van der Waals surface area (Å²) in [6, 6.07) is 1.78. The van der Waals surface area contributed by atoms with Gasteiger partial charge in [-0.2, -0.15) is 13.8 Å². The van der Waals surface area contributed by atoms with Gasteiger partial charge in [-0.15, -0.1) is 0 Å². The summed E-state index contributed by atoms with van der Waals surface area (Å²) in [4.78, 5) is 14.0. The lowest BCUT2D eigenvalue weighted by Crippen LogP contribution is -2.42. The number of allylic oxidation sites excluding steroid dienone is 2. The fourth-order valence-corrected chi connectivity index (χ4v) is 1.94. The van der Waals surface area contributed by atoms with E-state index in [0.29, 0.717) is 0 Å². The molecule has 2 atom stereocenters. The lowest BCUT2D eigenvalue weighted by molar-refractivity contribution is -0.0536. The van der Waals surface area contributed by atoms with Gasteiger partial charge in [-0.25, -0.2) is 9.78 Å². The van der Waals surface area contributed by atoms with E-state index >= 15 is 0 Å². The number of halogens is 2. The minimum atomic E-state index is -2.16. The van der Waals surface area contributed by atoms with Crippen molar-refractivity contribution in [3.63, 3.8) is 0 Å². The number of ether oxygens (including phenoxy) is 1. The Morgan fingerprint density at radius 1 is 1.47 bits per heavy atom. The van der Waals surface area contributed by atoms with Gasteiger partial charge in [0.15, 0.2) is 11.5 Å². The van der Waals surface area contributed by atoms with Crippen molar-refractivity contribution in [2.75, 3.05) is 0 Å². The lowest BCUT2D eigenvalue weighted by atomic mass is 10.3. The Bertz CT molecular complexity index is 981. The third kappa shape index (κ3) is 6.84. The maximum absolute atomic E-state index is 14.1. The Morgan fingerprint density at radius 3 is 2.80 bits per heavy atom. The van der Waals surface area contributed by atoms with Crippen molar-refractivity contribution >= 4 is 6.03 Å². The number of hydroxylamine groups is 2. The molecule has 0 saturated heterocycles. The number of carbonyl (C=O) groups is 1. The summed E-state index contributed by atoms with van der Waals surface area (Å²) < 4.78 is 36.2. The first-order valence-electron chi connectivity index (χ1n) is 8.36. The van der Waals surface area contributed by atoms with Gasteiger partial charge in [0.2, 0.25) is 5.95 Å². The normalized spacial score (nSPS) is 17.5. The molecule has 3 rings (SSSR count). The van der Waals surface area contributed by atoms with Crippen LogP contribution in [-0.2, 0) is 0 Å². The minimum Gasteiger partial charge on any atom is -0.508 e. The smallest absolute Gasteiger partial charge is 0.350 e. The first kappa shape index (κ1) is 22.3. The highest BCUT2D eigenvalue weighted by Gasteiger charge is 2.28. The maximum Gasteiger partial charge on any atom is 0.350 e. The van der Waals surface area contributed by atoms with Crippen molar-refractivity contribution in [3.05, 3.63) is 66.8 Å². The number of urea groups is 1. The van der Waals surface area contributed by atoms with E-state index in [1.807, 2.05) is 0 Å². The molecule has 0 spiro atoms. The van der Waals surface area contributed by atoms with Gasteiger partial charge in [-0.3, -0.25) is 5.21 Å². The first-order chi connectivity index (χ1) is 14.2. The van der Waals surface area contributed by atoms with Crippen LogP contribution < -0.4 is 15.8 Å². The molecule has 2 unspecified atom stereocenters. The molecule has 0 radical (unpaired) electrons. The number of aromatic hydroxyl groups is 1. The molecule has 11 heteroatoms. The van der Waals surface area contributed by atoms with Crippen molar-refractivity contribution in [2.45, 2.75) is 18.9 Å². The second kappa shape index (κ2) is 9.94. The highest BCUT2D eigenvalue weighted by Crippen LogP contribution is 2.23. The third-order valence-corrected chi connectivity index (χ3v) is 3.35. The number of carbonyl (C=O) groups excluding carboxylic acids is 1. The van der Waals surface area contributed by atoms with Gasteiger partial charge in [0.1, 0.15) is 18.1 Å². The van der Waals surface area contributed by atoms with E-state index in [1.165, 1.54) is 49.9 Å². The number of aromatic nitrogens is 1. The average Bonchev–Trinajstić information content (AvgIpc) is 3.13. The van der Waals surface area contributed by atoms with E-state index in [2.05, 4.69) is 22.1 Å². The number of pyridine rings is 1. The van der Waals surface area contributed by atoms with E-state index in [9.17, 15) is 18.8 Å². The Kier molecular flexibility index (Phi) is 7.38. The third-order valence-electron chi connectivity index (χ3n) is 3.35. The van der Waals surface area contributed by atoms with E-state index in [1.54, 1.807) is 6.08 Å². The van der Waals surface area contributed by atoms with Crippen molar-refractivity contribution in [1.82, 2.24) is 15.4 Å². The van der Waals surface area contributed by atoms with E-state index < -0.39 is 24.0 Å². The number of nitrogens with one attached hydrogen (secondary N) is 1. The molecule has 0 aliphatic carbocycles. The van der Waals surface area contributed by atoms with Gasteiger partial charge < -0.3 is 25.3 Å². The van der Waals surface area contributed by atoms with Crippen LogP contribution in [0, 0.1) is 17.8 Å². The molecule has 2 aromatic heterocycles. The Balaban J connectivity index is 0.000000335. The summed E-state index contributed by atoms with van der Waals surface area (Å²) in [6.07, 6.45) is 8.11. The molecular formula is C19H18F2N4O5. The van der Waals surface area contributed by atoms with Crippen molar-refractivity contribution in [2.24, 2.45) is 5.73 Å². The van der Waals surface area contributed by atoms with Gasteiger partial charge in [0.25, 0.3) is 0 Å². The van der Waals surface area contributed by atoms with Gasteiger partial charge >= 0.3 is 12.0 Å². The molecule has 0 fully saturated rings. The van der Waals surface area contributed by atoms with Crippen molar-refractivity contribution in [1.29, 1.82) is 0 Å². The Labute approximate surface area is 170 Å². The summed E-state index contributed by atoms with van der Waals surface area (Å²) in [5.74, 6) is 2.50. The summed E-state index contributed by atoms with van der Waals surface area (Å²) in [7, 11) is 0. The molecule has 5 N–H and O–H groups in total. The van der Waals surface area contributed by atoms with Gasteiger partial charge in [-0.05, 0) is 25.0 Å². The maximum atomic E-state index is 14.1. The van der Waals surface area contributed by atoms with Crippen molar-refractivity contribution < 1.29 is 33.0 Å². The van der Waals surface area contributed by atoms with Crippen LogP contribution in [-0.4, -0.2) is 38.4 Å². The molecule has 30 heavy (non-hydrogen) atoms. The largest absolute Gasteiger partial charge is 0.508 e. The SMILES string of the molecule is CC(C#Cc1cc(OC2(F)C=CC=CN2)co1)N(O)C(N)=O.Oc1ccnc(F)c1. The topological polar surface area (TPSA) is 134 Å². The number of hydrogen-bond donors (Lipinski definition) is 4. The van der Waals surface area contributed by atoms with E-state index in [0.717, 1.165) is 6.07 Å². The monoisotopic (exact) mass is 420 g/mol. The molecule has 0 bridgehead atoms. The predicted octanol–water partition coefficient (Wildman–Crippen LogP) is 2.39. The second-order valence-corrected chi connectivity index (χ2v) is 5.72. The zero-order valence-electron chi connectivity index (χ0n) is 15.6. The number of nitrogens with two attached hydrogens (primary N) is 1. The fourth-order valence-electron chi connectivity index (χ4n) is 1.94. The first-order valence-corrected chi connectivity index (χ1v) is 8.36. The summed E-state index contributed by atoms with van der Waals surface area (Å²) in [6.45, 7) is 1.47. The lowest BCUT2D eigenvalue weighted by Gasteiger charge is -2.23. The number of primary amides is 1. The zero-order valence-corrected chi connectivity index (χ0v) is 15.6. The number of nitrogens with zero attached hydrogens (tertiary/aromatic N) is 2. The van der Waals surface area contributed by atoms with Crippen LogP contribution in [0.15, 0.2) is 59.5 Å². The molecule has 2 aromatic rings. The average molecular weight is 420 g/mol. The summed E-state index contributed by atoms with van der Waals surface area (Å²) in [5.41, 5.74) is 4.89. The molecular weight excluding hydrogens is 402 g/mol. The number of amides is 2. The molecule has 0 aromatic carbocycles. The van der Waals surface area contributed by atoms with E-state index in [-0.39, 0.29) is 22.3 Å². The Hall–Kier alpha value is -4.04. The van der Waals surface area contributed by atoms with Gasteiger partial charge in [0, 0.05) is 30.6 Å². The fraction of sp³-hybridized carbons (Fsp3) is 0.158. The summed E-state index contributed by atoms with van der Waals surface area (Å²) >= 11 is 0. The van der Waals surface area contributed by atoms with Crippen LogP contribution in [0.25, 0.3) is 0 Å². The molecule has 3 heterocycles. The number of hydrogen-bond acceptors (Lipinski definition) is 7. The van der Waals surface area contributed by atoms with Crippen LogP contribution in [0.4, 0.5) is 13.6 Å². The zero-order chi connectivity index (χ0) is 22.1. The predicted molar refractivity (Wildman–Crippen MR) is 100.0 cm³/mol. The Morgan fingerprint density at radius 2 is 2.23 bits per heavy atom. The minimum absolute atomic E-state index is 0.0995. The van der Waals surface area contributed by atoms with Crippen LogP contribution in [0.5, 0.6) is 11.5 Å². The number of rotatable bonds is 3. The molecule has 1 aliphatic rings. The highest BCUT2D eigenvalue weighted by molar-refractivity contribution is 5.71. The standard InChI is InChI=1S/C14H14FN3O4.C5H4FNO/c1-10(18(20)13(16)19)4-5-11-8-12(9-21-11)22-14(15)6-2-3-7-17-14;6-5-3-4(8)1-2-7-5/h2-3,6-10,17,20H,1H3,(H2,16,19);1-3H,(H,7,8). The molecule has 1 aliphatic heterocycles. The molecule has 158 valence electrons. The van der Waals surface area contributed by atoms with E-state index in [4.69, 9.17) is 20.0 Å². The van der Waals surface area contributed by atoms with Gasteiger partial charge in [0.05, 0.1) is 0 Å². The van der Waals surface area contributed by atoms with Gasteiger partial charge in [-0.1, -0.05) is 12.0 Å². The number of alkyl halides is 1. The van der Waals surface area contributed by atoms with Crippen LogP contribution in [0.1, 0.15) is 12.7 Å². The quantitative estimate of drug-likeness (QED) is 0.197. The van der Waals surface area contributed by atoms with Crippen LogP contribution in [0.2, 0.25) is 0 Å². The number of furan rings is 1. The summed E-state index contributed by atoms with van der Waals surface area (Å²) in [5, 5.41) is 20.5. The molecule has 9 nitrogen and oxygen atoms in total. The molecule has 0 saturated carbocycles. The number of dihydropyridines is 1. The molecule has 2 amide bonds. The van der Waals surface area contributed by atoms with Crippen LogP contribution >= 0.6 is 0 Å². The van der Waals surface area contributed by atoms with Crippen LogP contribution in [0.3, 0.4) is 0 Å². The highest BCUT2D eigenvalue weighted by atomic mass is 19.2. The second-order valence-electron chi connectivity index (χ2n) is 5.72.